The maximum absolute atomic E-state index is 13.8. The Labute approximate surface area is 187 Å². The monoisotopic (exact) mass is 434 g/mol. The average Bonchev–Trinajstić information content (AvgIpc) is 2.77. The summed E-state index contributed by atoms with van der Waals surface area (Å²) < 4.78 is 14.8. The largest absolute Gasteiger partial charge is 0.372 e. The van der Waals surface area contributed by atoms with E-state index < -0.39 is 12.3 Å². The van der Waals surface area contributed by atoms with Gasteiger partial charge in [0.25, 0.3) is 0 Å². The van der Waals surface area contributed by atoms with Gasteiger partial charge in [-0.05, 0) is 37.5 Å². The maximum atomic E-state index is 13.8. The Bertz CT molecular complexity index is 1270. The number of nitrogens with two attached hydrogens (primary N) is 1. The molecule has 4 rings (SSSR count). The molecule has 1 aromatic heterocycles. The summed E-state index contributed by atoms with van der Waals surface area (Å²) in [6.07, 6.45) is -1.00. The standard InChI is InChI=1S/C25H30N4O3/c1-15-12-16(2)22(17(3)13-15)27-21-14-20-18-8-6-7-9-19(18)23(31-4)24(32-5)29(20)25(30)28(21)11-10-26/h6-9,12-14,23-24H,10-11,26H2,1-5H3. The summed E-state index contributed by atoms with van der Waals surface area (Å²) in [4.78, 5) is 18.7. The van der Waals surface area contributed by atoms with Gasteiger partial charge >= 0.3 is 5.69 Å². The van der Waals surface area contributed by atoms with Crippen molar-refractivity contribution in [1.29, 1.82) is 0 Å². The van der Waals surface area contributed by atoms with E-state index in [0.717, 1.165) is 33.6 Å². The van der Waals surface area contributed by atoms with Gasteiger partial charge in [0.05, 0.1) is 11.4 Å². The van der Waals surface area contributed by atoms with Crippen LogP contribution >= 0.6 is 0 Å². The number of hydrogen-bond donors (Lipinski definition) is 1. The molecule has 0 spiro atoms. The normalized spacial score (nSPS) is 17.9. The number of benzene rings is 2. The van der Waals surface area contributed by atoms with E-state index in [1.807, 2.05) is 44.2 Å². The van der Waals surface area contributed by atoms with Crippen molar-refractivity contribution in [1.82, 2.24) is 9.13 Å². The smallest absolute Gasteiger partial charge is 0.332 e. The van der Waals surface area contributed by atoms with Crippen LogP contribution in [-0.4, -0.2) is 29.9 Å². The zero-order chi connectivity index (χ0) is 23.0. The number of aryl methyl sites for hydroxylation is 3. The van der Waals surface area contributed by atoms with Crippen molar-refractivity contribution in [3.8, 4) is 11.3 Å². The third kappa shape index (κ3) is 3.62. The van der Waals surface area contributed by atoms with Crippen LogP contribution in [-0.2, 0) is 16.0 Å². The maximum Gasteiger partial charge on any atom is 0.332 e. The molecule has 7 nitrogen and oxygen atoms in total. The van der Waals surface area contributed by atoms with Crippen LogP contribution in [0, 0.1) is 20.8 Å². The topological polar surface area (TPSA) is 83.8 Å². The van der Waals surface area contributed by atoms with Gasteiger partial charge in [-0.2, -0.15) is 0 Å². The summed E-state index contributed by atoms with van der Waals surface area (Å²) in [6.45, 7) is 6.80. The lowest BCUT2D eigenvalue weighted by molar-refractivity contribution is -0.0839. The van der Waals surface area contributed by atoms with Crippen molar-refractivity contribution >= 4 is 5.69 Å². The summed E-state index contributed by atoms with van der Waals surface area (Å²) in [5.41, 5.74) is 13.1. The first-order valence-corrected chi connectivity index (χ1v) is 10.7. The lowest BCUT2D eigenvalue weighted by Crippen LogP contribution is -2.46. The second-order valence-electron chi connectivity index (χ2n) is 8.21. The minimum atomic E-state index is -0.599. The fourth-order valence-electron chi connectivity index (χ4n) is 4.69. The molecule has 2 N–H and O–H groups in total. The number of ether oxygens (including phenoxy) is 2. The van der Waals surface area contributed by atoms with Gasteiger partial charge in [0.1, 0.15) is 11.6 Å². The van der Waals surface area contributed by atoms with Crippen molar-refractivity contribution in [3.63, 3.8) is 0 Å². The zero-order valence-corrected chi connectivity index (χ0v) is 19.3. The van der Waals surface area contributed by atoms with E-state index in [1.165, 1.54) is 5.56 Å². The first kappa shape index (κ1) is 22.2. The van der Waals surface area contributed by atoms with Gasteiger partial charge in [-0.25, -0.2) is 9.79 Å². The Balaban J connectivity index is 2.09. The van der Waals surface area contributed by atoms with Gasteiger partial charge in [-0.1, -0.05) is 42.0 Å². The third-order valence-corrected chi connectivity index (χ3v) is 6.01. The highest BCUT2D eigenvalue weighted by molar-refractivity contribution is 5.66. The number of nitrogens with zero attached hydrogens (tertiary/aromatic N) is 3. The van der Waals surface area contributed by atoms with Crippen molar-refractivity contribution < 1.29 is 9.47 Å². The fraction of sp³-hybridized carbons (Fsp3) is 0.360. The zero-order valence-electron chi connectivity index (χ0n) is 19.3. The van der Waals surface area contributed by atoms with Crippen molar-refractivity contribution in [2.75, 3.05) is 20.8 Å². The molecule has 168 valence electrons. The van der Waals surface area contributed by atoms with Gasteiger partial charge in [0.15, 0.2) is 6.23 Å². The van der Waals surface area contributed by atoms with Crippen LogP contribution in [0.3, 0.4) is 0 Å². The molecule has 0 fully saturated rings. The number of hydrogen-bond acceptors (Lipinski definition) is 5. The van der Waals surface area contributed by atoms with Crippen LogP contribution < -0.4 is 16.9 Å². The molecule has 0 saturated heterocycles. The van der Waals surface area contributed by atoms with Crippen LogP contribution in [0.4, 0.5) is 5.69 Å². The Morgan fingerprint density at radius 3 is 2.34 bits per heavy atom. The van der Waals surface area contributed by atoms with Crippen molar-refractivity contribution in [2.24, 2.45) is 10.7 Å². The summed E-state index contributed by atoms with van der Waals surface area (Å²) >= 11 is 0. The van der Waals surface area contributed by atoms with Gasteiger partial charge in [0, 0.05) is 38.9 Å². The van der Waals surface area contributed by atoms with Gasteiger partial charge in [0.2, 0.25) is 0 Å². The summed E-state index contributed by atoms with van der Waals surface area (Å²) in [5.74, 6) is 0. The van der Waals surface area contributed by atoms with E-state index in [4.69, 9.17) is 20.2 Å². The minimum Gasteiger partial charge on any atom is -0.372 e. The number of rotatable bonds is 5. The molecule has 2 atom stereocenters. The van der Waals surface area contributed by atoms with Crippen LogP contribution in [0.5, 0.6) is 0 Å². The molecule has 0 radical (unpaired) electrons. The average molecular weight is 435 g/mol. The third-order valence-electron chi connectivity index (χ3n) is 6.01. The molecule has 2 heterocycles. The molecule has 0 bridgehead atoms. The number of methoxy groups -OCH3 is 2. The quantitative estimate of drug-likeness (QED) is 0.668. The molecule has 3 aromatic rings. The summed E-state index contributed by atoms with van der Waals surface area (Å²) in [5, 5.41) is 0. The first-order valence-electron chi connectivity index (χ1n) is 10.7. The first-order chi connectivity index (χ1) is 15.4. The van der Waals surface area contributed by atoms with E-state index in [-0.39, 0.29) is 5.69 Å². The minimum absolute atomic E-state index is 0.225. The molecule has 0 aliphatic carbocycles. The molecule has 2 aromatic carbocycles. The lowest BCUT2D eigenvalue weighted by atomic mass is 9.94. The summed E-state index contributed by atoms with van der Waals surface area (Å²) in [6, 6.07) is 14.1. The Morgan fingerprint density at radius 2 is 1.72 bits per heavy atom. The van der Waals surface area contributed by atoms with Gasteiger partial charge in [-0.15, -0.1) is 0 Å². The van der Waals surface area contributed by atoms with Crippen LogP contribution in [0.15, 0.2) is 52.3 Å². The summed E-state index contributed by atoms with van der Waals surface area (Å²) in [7, 11) is 3.22. The molecule has 0 saturated carbocycles. The second-order valence-corrected chi connectivity index (χ2v) is 8.21. The van der Waals surface area contributed by atoms with Crippen LogP contribution in [0.25, 0.3) is 11.3 Å². The van der Waals surface area contributed by atoms with Crippen LogP contribution in [0.1, 0.15) is 34.6 Å². The van der Waals surface area contributed by atoms with Gasteiger partial charge in [-0.3, -0.25) is 9.13 Å². The Kier molecular flexibility index (Phi) is 6.15. The number of aromatic nitrogens is 2. The molecular weight excluding hydrogens is 404 g/mol. The van der Waals surface area contributed by atoms with E-state index >= 15 is 0 Å². The van der Waals surface area contributed by atoms with E-state index in [0.29, 0.717) is 18.6 Å². The Morgan fingerprint density at radius 1 is 1.03 bits per heavy atom. The SMILES string of the molecule is COC1c2ccccc2-c2cc(=Nc3c(C)cc(C)cc3C)n(CCN)c(=O)n2C1OC. The molecule has 32 heavy (non-hydrogen) atoms. The second kappa shape index (κ2) is 8.86. The predicted molar refractivity (Wildman–Crippen MR) is 125 cm³/mol. The molecule has 0 amide bonds. The van der Waals surface area contributed by atoms with E-state index in [1.54, 1.807) is 23.4 Å². The van der Waals surface area contributed by atoms with Crippen LogP contribution in [0.2, 0.25) is 0 Å². The highest BCUT2D eigenvalue weighted by Gasteiger charge is 2.35. The van der Waals surface area contributed by atoms with E-state index in [9.17, 15) is 4.79 Å². The van der Waals surface area contributed by atoms with Crippen molar-refractivity contribution in [3.05, 3.63) is 80.7 Å². The Hall–Kier alpha value is -3.00. The lowest BCUT2D eigenvalue weighted by Gasteiger charge is -2.35. The fourth-order valence-corrected chi connectivity index (χ4v) is 4.69. The van der Waals surface area contributed by atoms with Gasteiger partial charge < -0.3 is 15.2 Å². The van der Waals surface area contributed by atoms with E-state index in [2.05, 4.69) is 19.1 Å². The predicted octanol–water partition coefficient (Wildman–Crippen LogP) is 3.28. The molecule has 2 unspecified atom stereocenters. The highest BCUT2D eigenvalue weighted by atomic mass is 16.5. The molecular formula is C25H30N4O3. The molecule has 1 aliphatic heterocycles. The highest BCUT2D eigenvalue weighted by Crippen LogP contribution is 2.41. The van der Waals surface area contributed by atoms with Crippen molar-refractivity contribution in [2.45, 2.75) is 39.6 Å². The molecule has 1 aliphatic rings. The number of fused-ring (bicyclic) bond motifs is 3. The molecule has 7 heteroatoms.